The highest BCUT2D eigenvalue weighted by atomic mass is 16.5. The number of benzene rings is 1. The van der Waals surface area contributed by atoms with Crippen LogP contribution in [0, 0.1) is 0 Å². The molecule has 180 valence electrons. The van der Waals surface area contributed by atoms with Gasteiger partial charge in [-0.3, -0.25) is 14.7 Å². The van der Waals surface area contributed by atoms with Crippen molar-refractivity contribution in [3.05, 3.63) is 42.2 Å². The van der Waals surface area contributed by atoms with Crippen molar-refractivity contribution in [1.29, 1.82) is 0 Å². The minimum Gasteiger partial charge on any atom is -0.455 e. The Morgan fingerprint density at radius 3 is 2.56 bits per heavy atom. The molecule has 0 atom stereocenters. The molecule has 9 nitrogen and oxygen atoms in total. The largest absolute Gasteiger partial charge is 0.455 e. The summed E-state index contributed by atoms with van der Waals surface area (Å²) < 4.78 is 19.0. The van der Waals surface area contributed by atoms with Gasteiger partial charge in [-0.25, -0.2) is 9.97 Å². The number of methoxy groups -OCH3 is 1. The van der Waals surface area contributed by atoms with E-state index in [-0.39, 0.29) is 24.5 Å². The average Bonchev–Trinajstić information content (AvgIpc) is 3.27. The SMILES string of the molecule is COC1CCC(n2c(OCC(=O)Nc3ncc(C4CCOCC4)cn3)nc3ccccc32)CC1. The van der Waals surface area contributed by atoms with Crippen molar-refractivity contribution in [2.24, 2.45) is 0 Å². The lowest BCUT2D eigenvalue weighted by Gasteiger charge is -2.29. The summed E-state index contributed by atoms with van der Waals surface area (Å²) in [6, 6.07) is 8.70. The smallest absolute Gasteiger partial charge is 0.298 e. The van der Waals surface area contributed by atoms with E-state index in [1.807, 2.05) is 24.3 Å². The Balaban J connectivity index is 1.23. The molecule has 2 fully saturated rings. The number of anilines is 1. The van der Waals surface area contributed by atoms with Gasteiger partial charge in [0, 0.05) is 38.8 Å². The summed E-state index contributed by atoms with van der Waals surface area (Å²) in [6.07, 6.45) is 9.77. The van der Waals surface area contributed by atoms with Gasteiger partial charge in [-0.15, -0.1) is 0 Å². The molecule has 34 heavy (non-hydrogen) atoms. The van der Waals surface area contributed by atoms with E-state index < -0.39 is 0 Å². The number of nitrogens with one attached hydrogen (secondary N) is 1. The van der Waals surface area contributed by atoms with Crippen molar-refractivity contribution >= 4 is 22.9 Å². The number of rotatable bonds is 7. The summed E-state index contributed by atoms with van der Waals surface area (Å²) in [5.74, 6) is 0.366. The van der Waals surface area contributed by atoms with Gasteiger partial charge >= 0.3 is 0 Å². The molecule has 0 bridgehead atoms. The van der Waals surface area contributed by atoms with E-state index >= 15 is 0 Å². The molecule has 1 aliphatic heterocycles. The molecule has 3 heterocycles. The quantitative estimate of drug-likeness (QED) is 0.565. The topological polar surface area (TPSA) is 100 Å². The predicted octanol–water partition coefficient (Wildman–Crippen LogP) is 3.87. The Labute approximate surface area is 198 Å². The van der Waals surface area contributed by atoms with Crippen LogP contribution in [0.3, 0.4) is 0 Å². The van der Waals surface area contributed by atoms with Gasteiger partial charge in [0.15, 0.2) is 6.61 Å². The second kappa shape index (κ2) is 10.5. The second-order valence-electron chi connectivity index (χ2n) is 8.98. The number of carbonyl (C=O) groups is 1. The van der Waals surface area contributed by atoms with Crippen LogP contribution in [0.5, 0.6) is 6.01 Å². The van der Waals surface area contributed by atoms with E-state index in [1.165, 1.54) is 0 Å². The van der Waals surface area contributed by atoms with Crippen LogP contribution in [-0.2, 0) is 14.3 Å². The third-order valence-corrected chi connectivity index (χ3v) is 6.85. The Kier molecular flexibility index (Phi) is 7.01. The molecule has 3 aromatic rings. The van der Waals surface area contributed by atoms with Crippen LogP contribution in [0.1, 0.15) is 56.0 Å². The van der Waals surface area contributed by atoms with Gasteiger partial charge in [-0.05, 0) is 62.1 Å². The molecule has 0 spiro atoms. The zero-order valence-corrected chi connectivity index (χ0v) is 19.5. The molecule has 1 saturated carbocycles. The Morgan fingerprint density at radius 2 is 1.82 bits per heavy atom. The number of nitrogens with zero attached hydrogens (tertiary/aromatic N) is 4. The van der Waals surface area contributed by atoms with Gasteiger partial charge in [0.25, 0.3) is 11.9 Å². The average molecular weight is 466 g/mol. The Hall–Kier alpha value is -3.04. The zero-order chi connectivity index (χ0) is 23.3. The maximum absolute atomic E-state index is 12.6. The minimum absolute atomic E-state index is 0.165. The van der Waals surface area contributed by atoms with Crippen molar-refractivity contribution in [1.82, 2.24) is 19.5 Å². The molecule has 1 aliphatic carbocycles. The van der Waals surface area contributed by atoms with Crippen LogP contribution in [0.25, 0.3) is 11.0 Å². The molecule has 0 unspecified atom stereocenters. The van der Waals surface area contributed by atoms with Crippen LogP contribution in [0.4, 0.5) is 5.95 Å². The first-order chi connectivity index (χ1) is 16.7. The molecule has 2 aliphatic rings. The first kappa shape index (κ1) is 22.7. The Morgan fingerprint density at radius 1 is 1.09 bits per heavy atom. The number of fused-ring (bicyclic) bond motifs is 1. The lowest BCUT2D eigenvalue weighted by atomic mass is 9.92. The lowest BCUT2D eigenvalue weighted by molar-refractivity contribution is -0.118. The number of carbonyl (C=O) groups excluding carboxylic acids is 1. The molecule has 1 N–H and O–H groups in total. The summed E-state index contributed by atoms with van der Waals surface area (Å²) >= 11 is 0. The summed E-state index contributed by atoms with van der Waals surface area (Å²) in [6.45, 7) is 1.36. The number of hydrogen-bond donors (Lipinski definition) is 1. The first-order valence-electron chi connectivity index (χ1n) is 12.0. The van der Waals surface area contributed by atoms with Crippen LogP contribution < -0.4 is 10.1 Å². The van der Waals surface area contributed by atoms with Gasteiger partial charge in [-0.2, -0.15) is 4.98 Å². The van der Waals surface area contributed by atoms with Crippen molar-refractivity contribution < 1.29 is 19.0 Å². The fourth-order valence-corrected chi connectivity index (χ4v) is 4.95. The van der Waals surface area contributed by atoms with Crippen molar-refractivity contribution in [3.63, 3.8) is 0 Å². The fourth-order valence-electron chi connectivity index (χ4n) is 4.95. The van der Waals surface area contributed by atoms with E-state index in [4.69, 9.17) is 14.2 Å². The summed E-state index contributed by atoms with van der Waals surface area (Å²) in [5.41, 5.74) is 2.96. The van der Waals surface area contributed by atoms with Crippen LogP contribution >= 0.6 is 0 Å². The zero-order valence-electron chi connectivity index (χ0n) is 19.5. The highest BCUT2D eigenvalue weighted by Gasteiger charge is 2.26. The first-order valence-corrected chi connectivity index (χ1v) is 12.0. The number of amides is 1. The van der Waals surface area contributed by atoms with E-state index in [0.717, 1.165) is 68.3 Å². The van der Waals surface area contributed by atoms with Gasteiger partial charge in [0.05, 0.1) is 17.1 Å². The number of aromatic nitrogens is 4. The van der Waals surface area contributed by atoms with Crippen molar-refractivity contribution in [2.45, 2.75) is 56.6 Å². The van der Waals surface area contributed by atoms with Crippen LogP contribution in [-0.4, -0.2) is 58.5 Å². The van der Waals surface area contributed by atoms with Gasteiger partial charge in [-0.1, -0.05) is 12.1 Å². The third-order valence-electron chi connectivity index (χ3n) is 6.85. The highest BCUT2D eigenvalue weighted by molar-refractivity contribution is 5.90. The molecule has 2 aromatic heterocycles. The molecule has 1 amide bonds. The van der Waals surface area contributed by atoms with Gasteiger partial charge < -0.3 is 14.2 Å². The van der Waals surface area contributed by atoms with E-state index in [1.54, 1.807) is 19.5 Å². The Bertz CT molecular complexity index is 1100. The van der Waals surface area contributed by atoms with Crippen molar-refractivity contribution in [3.8, 4) is 6.01 Å². The van der Waals surface area contributed by atoms with E-state index in [9.17, 15) is 4.79 Å². The summed E-state index contributed by atoms with van der Waals surface area (Å²) in [5, 5.41) is 2.72. The minimum atomic E-state index is -0.319. The molecular weight excluding hydrogens is 434 g/mol. The van der Waals surface area contributed by atoms with Crippen molar-refractivity contribution in [2.75, 3.05) is 32.2 Å². The number of hydrogen-bond acceptors (Lipinski definition) is 7. The molecular formula is C25H31N5O4. The highest BCUT2D eigenvalue weighted by Crippen LogP contribution is 2.36. The molecule has 5 rings (SSSR count). The van der Waals surface area contributed by atoms with Gasteiger partial charge in [0.2, 0.25) is 5.95 Å². The normalized spacial score (nSPS) is 21.4. The second-order valence-corrected chi connectivity index (χ2v) is 8.98. The monoisotopic (exact) mass is 465 g/mol. The van der Waals surface area contributed by atoms with E-state index in [2.05, 4.69) is 24.8 Å². The van der Waals surface area contributed by atoms with E-state index in [0.29, 0.717) is 18.0 Å². The predicted molar refractivity (Wildman–Crippen MR) is 127 cm³/mol. The molecule has 1 aromatic carbocycles. The number of ether oxygens (including phenoxy) is 3. The maximum atomic E-state index is 12.6. The van der Waals surface area contributed by atoms with Crippen LogP contribution in [0.2, 0.25) is 0 Å². The molecule has 0 radical (unpaired) electrons. The number of para-hydroxylation sites is 2. The van der Waals surface area contributed by atoms with Gasteiger partial charge in [0.1, 0.15) is 0 Å². The number of imidazole rings is 1. The maximum Gasteiger partial charge on any atom is 0.298 e. The van der Waals surface area contributed by atoms with Crippen LogP contribution in [0.15, 0.2) is 36.7 Å². The molecule has 9 heteroatoms. The lowest BCUT2D eigenvalue weighted by Crippen LogP contribution is -2.25. The third kappa shape index (κ3) is 5.05. The summed E-state index contributed by atoms with van der Waals surface area (Å²) in [7, 11) is 1.77. The fraction of sp³-hybridized carbons (Fsp3) is 0.520. The molecule has 1 saturated heterocycles. The summed E-state index contributed by atoms with van der Waals surface area (Å²) in [4.78, 5) is 25.9. The standard InChI is InChI=1S/C25H31N5O4/c1-32-20-8-6-19(7-9-20)30-22-5-3-2-4-21(22)28-25(30)34-16-23(31)29-24-26-14-18(15-27-24)17-10-12-33-13-11-17/h2-5,14-15,17,19-20H,6-13,16H2,1H3,(H,26,27,29,31).